The fourth-order valence-corrected chi connectivity index (χ4v) is 2.73. The molecule has 0 radical (unpaired) electrons. The number of sulfonamides is 1. The highest BCUT2D eigenvalue weighted by Crippen LogP contribution is 2.23. The molecular formula is C12H11F2N3O2S. The Morgan fingerprint density at radius 2 is 1.80 bits per heavy atom. The summed E-state index contributed by atoms with van der Waals surface area (Å²) < 4.78 is 53.2. The van der Waals surface area contributed by atoms with Gasteiger partial charge in [0.15, 0.2) is 4.90 Å². The smallest absolute Gasteiger partial charge is 0.267 e. The Labute approximate surface area is 114 Å². The minimum atomic E-state index is -4.40. The summed E-state index contributed by atoms with van der Waals surface area (Å²) in [6, 6.07) is 4.48. The van der Waals surface area contributed by atoms with Gasteiger partial charge in [0.2, 0.25) is 0 Å². The molecule has 3 N–H and O–H groups in total. The van der Waals surface area contributed by atoms with Crippen molar-refractivity contribution in [3.8, 4) is 0 Å². The highest BCUT2D eigenvalue weighted by molar-refractivity contribution is 7.92. The number of halogens is 2. The summed E-state index contributed by atoms with van der Waals surface area (Å²) in [5.74, 6) is -2.51. The van der Waals surface area contributed by atoms with E-state index in [4.69, 9.17) is 5.73 Å². The fraction of sp³-hybridized carbons (Fsp3) is 0.0833. The van der Waals surface area contributed by atoms with Crippen LogP contribution in [0.1, 0.15) is 5.69 Å². The molecule has 0 saturated carbocycles. The number of nitrogens with zero attached hydrogens (tertiary/aromatic N) is 1. The van der Waals surface area contributed by atoms with Crippen LogP contribution in [0.4, 0.5) is 20.2 Å². The topological polar surface area (TPSA) is 85.1 Å². The summed E-state index contributed by atoms with van der Waals surface area (Å²) in [6.07, 6.45) is 1.25. The van der Waals surface area contributed by atoms with Gasteiger partial charge >= 0.3 is 0 Å². The van der Waals surface area contributed by atoms with Crippen molar-refractivity contribution in [1.82, 2.24) is 4.98 Å². The Morgan fingerprint density at radius 1 is 1.20 bits per heavy atom. The number of nitrogens with two attached hydrogens (primary N) is 1. The molecule has 0 aliphatic heterocycles. The van der Waals surface area contributed by atoms with Gasteiger partial charge in [-0.15, -0.1) is 0 Å². The number of rotatable bonds is 3. The van der Waals surface area contributed by atoms with Crippen molar-refractivity contribution in [2.24, 2.45) is 0 Å². The van der Waals surface area contributed by atoms with Crippen LogP contribution in [-0.4, -0.2) is 13.4 Å². The molecule has 0 atom stereocenters. The van der Waals surface area contributed by atoms with E-state index in [-0.39, 0.29) is 11.4 Å². The third-order valence-electron chi connectivity index (χ3n) is 2.45. The summed E-state index contributed by atoms with van der Waals surface area (Å²) in [5, 5.41) is 0. The summed E-state index contributed by atoms with van der Waals surface area (Å²) in [4.78, 5) is 2.80. The van der Waals surface area contributed by atoms with Crippen molar-refractivity contribution in [1.29, 1.82) is 0 Å². The van der Waals surface area contributed by atoms with Crippen molar-refractivity contribution in [2.45, 2.75) is 11.8 Å². The third-order valence-corrected chi connectivity index (χ3v) is 3.88. The van der Waals surface area contributed by atoms with Crippen molar-refractivity contribution in [3.05, 3.63) is 47.8 Å². The van der Waals surface area contributed by atoms with E-state index < -0.39 is 26.6 Å². The van der Waals surface area contributed by atoms with Crippen LogP contribution in [0.15, 0.2) is 35.4 Å². The normalized spacial score (nSPS) is 11.3. The lowest BCUT2D eigenvalue weighted by Gasteiger charge is -2.10. The molecule has 0 aliphatic carbocycles. The summed E-state index contributed by atoms with van der Waals surface area (Å²) in [5.41, 5.74) is 5.82. The Kier molecular flexibility index (Phi) is 3.58. The maximum Gasteiger partial charge on any atom is 0.267 e. The maximum atomic E-state index is 13.6. The van der Waals surface area contributed by atoms with E-state index in [1.807, 2.05) is 0 Å². The highest BCUT2D eigenvalue weighted by Gasteiger charge is 2.24. The van der Waals surface area contributed by atoms with Crippen LogP contribution in [-0.2, 0) is 10.0 Å². The number of hydrogen-bond acceptors (Lipinski definition) is 4. The van der Waals surface area contributed by atoms with Gasteiger partial charge in [0.05, 0.1) is 11.9 Å². The minimum Gasteiger partial charge on any atom is -0.399 e. The lowest BCUT2D eigenvalue weighted by atomic mass is 10.3. The Morgan fingerprint density at radius 3 is 2.30 bits per heavy atom. The van der Waals surface area contributed by atoms with Gasteiger partial charge < -0.3 is 5.73 Å². The molecule has 5 nitrogen and oxygen atoms in total. The Bertz CT molecular complexity index is 723. The molecule has 2 aromatic rings. The number of nitrogens with one attached hydrogen (secondary N) is 1. The first-order valence-corrected chi connectivity index (χ1v) is 6.98. The average molecular weight is 299 g/mol. The molecule has 106 valence electrons. The van der Waals surface area contributed by atoms with Crippen LogP contribution in [0.5, 0.6) is 0 Å². The Hall–Kier alpha value is -2.22. The number of nitrogen functional groups attached to an aromatic ring is 1. The molecule has 0 fully saturated rings. The average Bonchev–Trinajstić information content (AvgIpc) is 2.30. The van der Waals surface area contributed by atoms with Gasteiger partial charge in [-0.25, -0.2) is 17.2 Å². The number of pyridine rings is 1. The van der Waals surface area contributed by atoms with Gasteiger partial charge in [-0.05, 0) is 31.2 Å². The number of aromatic nitrogens is 1. The van der Waals surface area contributed by atoms with Gasteiger partial charge in [-0.1, -0.05) is 0 Å². The second kappa shape index (κ2) is 5.04. The van der Waals surface area contributed by atoms with E-state index in [2.05, 4.69) is 9.71 Å². The van der Waals surface area contributed by atoms with Gasteiger partial charge in [0.25, 0.3) is 10.0 Å². The van der Waals surface area contributed by atoms with E-state index in [1.54, 1.807) is 13.0 Å². The predicted octanol–water partition coefficient (Wildman–Crippen LogP) is 2.05. The second-order valence-corrected chi connectivity index (χ2v) is 5.73. The largest absolute Gasteiger partial charge is 0.399 e. The molecule has 0 bridgehead atoms. The van der Waals surface area contributed by atoms with Crippen molar-refractivity contribution < 1.29 is 17.2 Å². The first kappa shape index (κ1) is 14.2. The van der Waals surface area contributed by atoms with Crippen molar-refractivity contribution >= 4 is 21.4 Å². The van der Waals surface area contributed by atoms with Crippen LogP contribution in [0.2, 0.25) is 0 Å². The molecule has 8 heteroatoms. The number of hydrogen-bond donors (Lipinski definition) is 2. The zero-order valence-corrected chi connectivity index (χ0v) is 11.2. The van der Waals surface area contributed by atoms with Crippen LogP contribution in [0.25, 0.3) is 0 Å². The minimum absolute atomic E-state index is 0.103. The SMILES string of the molecule is Cc1ccc(NS(=O)(=O)c2c(F)cc(N)cc2F)cn1. The van der Waals surface area contributed by atoms with Gasteiger partial charge in [0.1, 0.15) is 11.6 Å². The monoisotopic (exact) mass is 299 g/mol. The summed E-state index contributed by atoms with van der Waals surface area (Å²) in [6.45, 7) is 1.72. The zero-order valence-electron chi connectivity index (χ0n) is 10.4. The molecule has 0 amide bonds. The predicted molar refractivity (Wildman–Crippen MR) is 70.6 cm³/mol. The lowest BCUT2D eigenvalue weighted by Crippen LogP contribution is -2.17. The molecule has 1 aromatic carbocycles. The van der Waals surface area contributed by atoms with Crippen LogP contribution in [0, 0.1) is 18.6 Å². The van der Waals surface area contributed by atoms with Gasteiger partial charge in [-0.3, -0.25) is 9.71 Å². The maximum absolute atomic E-state index is 13.6. The van der Waals surface area contributed by atoms with E-state index >= 15 is 0 Å². The summed E-state index contributed by atoms with van der Waals surface area (Å²) >= 11 is 0. The lowest BCUT2D eigenvalue weighted by molar-refractivity contribution is 0.522. The molecule has 20 heavy (non-hydrogen) atoms. The van der Waals surface area contributed by atoms with E-state index in [9.17, 15) is 17.2 Å². The molecule has 1 heterocycles. The van der Waals surface area contributed by atoms with Crippen LogP contribution >= 0.6 is 0 Å². The van der Waals surface area contributed by atoms with Crippen molar-refractivity contribution in [3.63, 3.8) is 0 Å². The molecule has 0 aliphatic rings. The fourth-order valence-electron chi connectivity index (χ4n) is 1.57. The molecule has 0 spiro atoms. The zero-order chi connectivity index (χ0) is 14.9. The number of aryl methyl sites for hydroxylation is 1. The molecule has 1 aromatic heterocycles. The van der Waals surface area contributed by atoms with Crippen LogP contribution < -0.4 is 10.5 Å². The summed E-state index contributed by atoms with van der Waals surface area (Å²) in [7, 11) is -4.40. The van der Waals surface area contributed by atoms with Gasteiger partial charge in [0, 0.05) is 11.4 Å². The molecule has 0 unspecified atom stereocenters. The third kappa shape index (κ3) is 2.85. The standard InChI is InChI=1S/C12H11F2N3O2S/c1-7-2-3-9(6-16-7)17-20(18,19)12-10(13)4-8(15)5-11(12)14/h2-6,17H,15H2,1H3. The van der Waals surface area contributed by atoms with Crippen LogP contribution in [0.3, 0.4) is 0 Å². The highest BCUT2D eigenvalue weighted by atomic mass is 32.2. The van der Waals surface area contributed by atoms with E-state index in [1.165, 1.54) is 12.3 Å². The van der Waals surface area contributed by atoms with E-state index in [0.717, 1.165) is 12.1 Å². The van der Waals surface area contributed by atoms with Crippen molar-refractivity contribution in [2.75, 3.05) is 10.5 Å². The molecular weight excluding hydrogens is 288 g/mol. The van der Waals surface area contributed by atoms with E-state index in [0.29, 0.717) is 5.69 Å². The number of anilines is 2. The first-order chi connectivity index (χ1) is 9.29. The number of benzene rings is 1. The molecule has 2 rings (SSSR count). The second-order valence-electron chi connectivity index (χ2n) is 4.11. The quantitative estimate of drug-likeness (QED) is 0.849. The Balaban J connectivity index is 2.43. The molecule has 0 saturated heterocycles. The first-order valence-electron chi connectivity index (χ1n) is 5.49. The van der Waals surface area contributed by atoms with Gasteiger partial charge in [-0.2, -0.15) is 0 Å².